The Balaban J connectivity index is 2.76. The molecule has 1 aromatic rings. The van der Waals surface area contributed by atoms with Crippen molar-refractivity contribution >= 4 is 25.5 Å². The van der Waals surface area contributed by atoms with Crippen molar-refractivity contribution in [3.8, 4) is 0 Å². The molecule has 0 saturated carbocycles. The number of anilines is 1. The van der Waals surface area contributed by atoms with Crippen molar-refractivity contribution in [3.05, 3.63) is 24.3 Å². The van der Waals surface area contributed by atoms with E-state index in [2.05, 4.69) is 10.0 Å². The summed E-state index contributed by atoms with van der Waals surface area (Å²) >= 11 is 0. The SMILES string of the molecule is CCNS(=O)(=O)c1ccc(NC(C)CS(=O)(=O)CC)cc1. The molecule has 0 saturated heterocycles. The van der Waals surface area contributed by atoms with E-state index < -0.39 is 19.9 Å². The van der Waals surface area contributed by atoms with Crippen molar-refractivity contribution in [1.29, 1.82) is 0 Å². The highest BCUT2D eigenvalue weighted by molar-refractivity contribution is 7.91. The van der Waals surface area contributed by atoms with Gasteiger partial charge in [-0.3, -0.25) is 0 Å². The molecule has 0 amide bonds. The van der Waals surface area contributed by atoms with Crippen molar-refractivity contribution in [3.63, 3.8) is 0 Å². The summed E-state index contributed by atoms with van der Waals surface area (Å²) in [5.74, 6) is 0.153. The Morgan fingerprint density at radius 2 is 1.62 bits per heavy atom. The zero-order chi connectivity index (χ0) is 16.1. The predicted octanol–water partition coefficient (Wildman–Crippen LogP) is 1.22. The monoisotopic (exact) mass is 334 g/mol. The summed E-state index contributed by atoms with van der Waals surface area (Å²) in [6.07, 6.45) is 0. The molecule has 6 nitrogen and oxygen atoms in total. The molecule has 1 aromatic carbocycles. The fourth-order valence-electron chi connectivity index (χ4n) is 1.83. The molecule has 0 fully saturated rings. The number of nitrogens with one attached hydrogen (secondary N) is 2. The van der Waals surface area contributed by atoms with Crippen molar-refractivity contribution in [2.24, 2.45) is 0 Å². The van der Waals surface area contributed by atoms with Gasteiger partial charge in [-0.2, -0.15) is 0 Å². The molecule has 0 aromatic heterocycles. The Kier molecular flexibility index (Phi) is 6.18. The molecule has 0 heterocycles. The van der Waals surface area contributed by atoms with E-state index in [9.17, 15) is 16.8 Å². The number of benzene rings is 1. The van der Waals surface area contributed by atoms with Gasteiger partial charge in [-0.1, -0.05) is 13.8 Å². The van der Waals surface area contributed by atoms with Crippen LogP contribution in [0.5, 0.6) is 0 Å². The highest BCUT2D eigenvalue weighted by Crippen LogP contribution is 2.15. The topological polar surface area (TPSA) is 92.3 Å². The highest BCUT2D eigenvalue weighted by Gasteiger charge is 2.15. The second-order valence-corrected chi connectivity index (χ2v) is 8.93. The van der Waals surface area contributed by atoms with Crippen LogP contribution in [0.2, 0.25) is 0 Å². The van der Waals surface area contributed by atoms with E-state index in [0.29, 0.717) is 12.2 Å². The Bertz CT molecular complexity index is 652. The maximum absolute atomic E-state index is 11.8. The Morgan fingerprint density at radius 1 is 1.05 bits per heavy atom. The third-order valence-corrected chi connectivity index (χ3v) is 6.30. The molecule has 0 aliphatic carbocycles. The molecule has 8 heteroatoms. The average Bonchev–Trinajstić information content (AvgIpc) is 2.38. The second kappa shape index (κ2) is 7.24. The van der Waals surface area contributed by atoms with Crippen LogP contribution in [0.15, 0.2) is 29.2 Å². The number of hydrogen-bond donors (Lipinski definition) is 2. The van der Waals surface area contributed by atoms with Gasteiger partial charge < -0.3 is 5.32 Å². The molecule has 1 unspecified atom stereocenters. The number of sulfone groups is 1. The van der Waals surface area contributed by atoms with Gasteiger partial charge in [0.05, 0.1) is 10.6 Å². The van der Waals surface area contributed by atoms with Crippen LogP contribution >= 0.6 is 0 Å². The standard InChI is InChI=1S/C13H22N2O4S2/c1-4-14-21(18,19)13-8-6-12(7-9-13)15-11(3)10-20(16,17)5-2/h6-9,11,14-15H,4-5,10H2,1-3H3. The lowest BCUT2D eigenvalue weighted by atomic mass is 10.3. The van der Waals surface area contributed by atoms with E-state index in [1.54, 1.807) is 32.9 Å². The van der Waals surface area contributed by atoms with E-state index >= 15 is 0 Å². The molecule has 0 aliphatic heterocycles. The van der Waals surface area contributed by atoms with Crippen LogP contribution < -0.4 is 10.0 Å². The molecule has 0 aliphatic rings. The molecule has 2 N–H and O–H groups in total. The fourth-order valence-corrected chi connectivity index (χ4v) is 3.95. The minimum Gasteiger partial charge on any atom is -0.382 e. The zero-order valence-electron chi connectivity index (χ0n) is 12.5. The molecular formula is C13H22N2O4S2. The average molecular weight is 334 g/mol. The quantitative estimate of drug-likeness (QED) is 0.746. The van der Waals surface area contributed by atoms with Gasteiger partial charge in [0.25, 0.3) is 0 Å². The Hall–Kier alpha value is -1.12. The van der Waals surface area contributed by atoms with Gasteiger partial charge in [-0.25, -0.2) is 21.6 Å². The Morgan fingerprint density at radius 3 is 2.10 bits per heavy atom. The van der Waals surface area contributed by atoms with Crippen molar-refractivity contribution in [2.75, 3.05) is 23.4 Å². The Labute approximate surface area is 126 Å². The summed E-state index contributed by atoms with van der Waals surface area (Å²) in [5.41, 5.74) is 0.684. The highest BCUT2D eigenvalue weighted by atomic mass is 32.2. The summed E-state index contributed by atoms with van der Waals surface area (Å²) in [4.78, 5) is 0.184. The summed E-state index contributed by atoms with van der Waals surface area (Å²) in [5, 5.41) is 3.05. The number of rotatable bonds is 8. The normalized spacial score (nSPS) is 13.9. The molecule has 1 atom stereocenters. The molecular weight excluding hydrogens is 312 g/mol. The lowest BCUT2D eigenvalue weighted by molar-refractivity contribution is 0.583. The van der Waals surface area contributed by atoms with Gasteiger partial charge >= 0.3 is 0 Å². The fraction of sp³-hybridized carbons (Fsp3) is 0.538. The summed E-state index contributed by atoms with van der Waals surface area (Å²) in [6, 6.07) is 5.98. The van der Waals surface area contributed by atoms with Crippen LogP contribution in [0.1, 0.15) is 20.8 Å². The number of sulfonamides is 1. The van der Waals surface area contributed by atoms with Crippen LogP contribution in [-0.2, 0) is 19.9 Å². The number of hydrogen-bond acceptors (Lipinski definition) is 5. The zero-order valence-corrected chi connectivity index (χ0v) is 14.1. The van der Waals surface area contributed by atoms with E-state index in [4.69, 9.17) is 0 Å². The first-order chi connectivity index (χ1) is 9.70. The second-order valence-electron chi connectivity index (χ2n) is 4.77. The van der Waals surface area contributed by atoms with Crippen molar-refractivity contribution in [1.82, 2.24) is 4.72 Å². The van der Waals surface area contributed by atoms with Gasteiger partial charge in [0, 0.05) is 24.0 Å². The maximum Gasteiger partial charge on any atom is 0.240 e. The first-order valence-corrected chi connectivity index (χ1v) is 10.1. The molecule has 1 rings (SSSR count). The van der Waals surface area contributed by atoms with Crippen molar-refractivity contribution in [2.45, 2.75) is 31.7 Å². The maximum atomic E-state index is 11.8. The lowest BCUT2D eigenvalue weighted by Crippen LogP contribution is -2.26. The van der Waals surface area contributed by atoms with Crippen LogP contribution in [0, 0.1) is 0 Å². The van der Waals surface area contributed by atoms with Gasteiger partial charge in [-0.15, -0.1) is 0 Å². The predicted molar refractivity (Wildman–Crippen MR) is 84.7 cm³/mol. The largest absolute Gasteiger partial charge is 0.382 e. The lowest BCUT2D eigenvalue weighted by Gasteiger charge is -2.15. The van der Waals surface area contributed by atoms with Crippen LogP contribution in [0.4, 0.5) is 5.69 Å². The van der Waals surface area contributed by atoms with E-state index in [0.717, 1.165) is 0 Å². The molecule has 0 bridgehead atoms. The minimum absolute atomic E-state index is 0.0426. The molecule has 0 spiro atoms. The first kappa shape index (κ1) is 17.9. The minimum atomic E-state index is -3.46. The van der Waals surface area contributed by atoms with Gasteiger partial charge in [0.1, 0.15) is 0 Å². The van der Waals surface area contributed by atoms with Crippen molar-refractivity contribution < 1.29 is 16.8 Å². The van der Waals surface area contributed by atoms with Gasteiger partial charge in [0.15, 0.2) is 9.84 Å². The first-order valence-electron chi connectivity index (χ1n) is 6.77. The summed E-state index contributed by atoms with van der Waals surface area (Å²) in [7, 11) is -6.51. The van der Waals surface area contributed by atoms with E-state index in [1.165, 1.54) is 12.1 Å². The van der Waals surface area contributed by atoms with E-state index in [1.807, 2.05) is 0 Å². The molecule has 120 valence electrons. The third kappa shape index (κ3) is 5.64. The van der Waals surface area contributed by atoms with Crippen LogP contribution in [-0.4, -0.2) is 40.9 Å². The van der Waals surface area contributed by atoms with Crippen LogP contribution in [0.3, 0.4) is 0 Å². The van der Waals surface area contributed by atoms with Gasteiger partial charge in [-0.05, 0) is 31.2 Å². The third-order valence-electron chi connectivity index (χ3n) is 2.86. The summed E-state index contributed by atoms with van der Waals surface area (Å²) in [6.45, 7) is 5.43. The van der Waals surface area contributed by atoms with Gasteiger partial charge in [0.2, 0.25) is 10.0 Å². The molecule has 21 heavy (non-hydrogen) atoms. The molecule has 0 radical (unpaired) electrons. The summed E-state index contributed by atoms with van der Waals surface area (Å²) < 4.78 is 49.0. The van der Waals surface area contributed by atoms with E-state index in [-0.39, 0.29) is 22.4 Å². The smallest absolute Gasteiger partial charge is 0.240 e. The van der Waals surface area contributed by atoms with Crippen LogP contribution in [0.25, 0.3) is 0 Å².